The minimum atomic E-state index is -0.884. The average molecular weight is 257 g/mol. The third kappa shape index (κ3) is 2.23. The molecule has 0 aromatic carbocycles. The first kappa shape index (κ1) is 12.6. The largest absolute Gasteiger partial charge is 0.447 e. The van der Waals surface area contributed by atoms with Crippen molar-refractivity contribution in [2.75, 3.05) is 26.3 Å². The first-order valence-corrected chi connectivity index (χ1v) is 5.73. The van der Waals surface area contributed by atoms with Gasteiger partial charge in [-0.05, 0) is 12.8 Å². The number of amides is 4. The number of imide groups is 1. The lowest BCUT2D eigenvalue weighted by molar-refractivity contribution is -0.125. The second-order valence-electron chi connectivity index (χ2n) is 4.32. The molecule has 2 aliphatic heterocycles. The summed E-state index contributed by atoms with van der Waals surface area (Å²) in [6.07, 6.45) is 0.209. The molecule has 0 atom stereocenters. The molecule has 0 aromatic heterocycles. The molecule has 1 spiro atoms. The molecule has 2 heterocycles. The summed E-state index contributed by atoms with van der Waals surface area (Å²) < 4.78 is 4.78. The van der Waals surface area contributed by atoms with Crippen molar-refractivity contribution >= 4 is 18.0 Å². The van der Waals surface area contributed by atoms with Crippen LogP contribution in [0.1, 0.15) is 12.8 Å². The third-order valence-corrected chi connectivity index (χ3v) is 3.21. The number of aliphatic hydroxyl groups is 1. The Morgan fingerprint density at radius 1 is 1.39 bits per heavy atom. The lowest BCUT2D eigenvalue weighted by atomic mass is 9.88. The Morgan fingerprint density at radius 2 is 2.06 bits per heavy atom. The van der Waals surface area contributed by atoms with Gasteiger partial charge >= 0.3 is 12.1 Å². The summed E-state index contributed by atoms with van der Waals surface area (Å²) in [7, 11) is 0. The van der Waals surface area contributed by atoms with Crippen LogP contribution in [0.2, 0.25) is 0 Å². The predicted octanol–water partition coefficient (Wildman–Crippen LogP) is -1.21. The van der Waals surface area contributed by atoms with Crippen molar-refractivity contribution in [2.24, 2.45) is 0 Å². The van der Waals surface area contributed by atoms with Crippen molar-refractivity contribution in [3.05, 3.63) is 0 Å². The Hall–Kier alpha value is -1.83. The monoisotopic (exact) mass is 257 g/mol. The van der Waals surface area contributed by atoms with Crippen LogP contribution in [0.15, 0.2) is 0 Å². The topological polar surface area (TPSA) is 108 Å². The van der Waals surface area contributed by atoms with Crippen LogP contribution in [0.25, 0.3) is 0 Å². The van der Waals surface area contributed by atoms with Crippen LogP contribution >= 0.6 is 0 Å². The number of piperidine rings is 1. The second-order valence-corrected chi connectivity index (χ2v) is 4.32. The number of likely N-dealkylation sites (tertiary alicyclic amines) is 1. The molecule has 0 unspecified atom stereocenters. The molecule has 2 saturated heterocycles. The summed E-state index contributed by atoms with van der Waals surface area (Å²) in [6, 6.07) is -0.490. The van der Waals surface area contributed by atoms with Crippen LogP contribution in [0.4, 0.5) is 9.59 Å². The van der Waals surface area contributed by atoms with Gasteiger partial charge in [-0.3, -0.25) is 10.1 Å². The van der Waals surface area contributed by atoms with Gasteiger partial charge in [0.2, 0.25) is 0 Å². The molecular weight excluding hydrogens is 242 g/mol. The van der Waals surface area contributed by atoms with E-state index in [4.69, 9.17) is 9.84 Å². The summed E-state index contributed by atoms with van der Waals surface area (Å²) in [6.45, 7) is 0.398. The second kappa shape index (κ2) is 4.81. The summed E-state index contributed by atoms with van der Waals surface area (Å²) in [5, 5.41) is 13.4. The first-order valence-electron chi connectivity index (χ1n) is 5.73. The molecule has 18 heavy (non-hydrogen) atoms. The number of aliphatic hydroxyl groups excluding tert-OH is 1. The van der Waals surface area contributed by atoms with Crippen LogP contribution in [0.3, 0.4) is 0 Å². The SMILES string of the molecule is O=C1NC(=O)C2(CCN(C(=O)OCCO)CC2)N1. The van der Waals surface area contributed by atoms with E-state index in [9.17, 15) is 14.4 Å². The Morgan fingerprint density at radius 3 is 2.56 bits per heavy atom. The van der Waals surface area contributed by atoms with E-state index in [-0.39, 0.29) is 19.1 Å². The number of carbonyl (C=O) groups excluding carboxylic acids is 3. The highest BCUT2D eigenvalue weighted by atomic mass is 16.6. The Kier molecular flexibility index (Phi) is 3.37. The fourth-order valence-corrected chi connectivity index (χ4v) is 2.18. The summed E-state index contributed by atoms with van der Waals surface area (Å²) >= 11 is 0. The molecular formula is C10H15N3O5. The number of hydrogen-bond donors (Lipinski definition) is 3. The maximum Gasteiger partial charge on any atom is 0.409 e. The molecule has 8 heteroatoms. The number of ether oxygens (including phenoxy) is 1. The molecule has 4 amide bonds. The molecule has 2 rings (SSSR count). The van der Waals surface area contributed by atoms with Crippen LogP contribution in [-0.2, 0) is 9.53 Å². The van der Waals surface area contributed by atoms with Crippen LogP contribution in [0.5, 0.6) is 0 Å². The zero-order valence-corrected chi connectivity index (χ0v) is 9.77. The average Bonchev–Trinajstić information content (AvgIpc) is 2.62. The van der Waals surface area contributed by atoms with Gasteiger partial charge in [-0.1, -0.05) is 0 Å². The van der Waals surface area contributed by atoms with Crippen LogP contribution in [0, 0.1) is 0 Å². The normalized spacial score (nSPS) is 21.7. The number of rotatable bonds is 2. The molecule has 0 bridgehead atoms. The van der Waals surface area contributed by atoms with Gasteiger partial charge in [0.25, 0.3) is 5.91 Å². The zero-order chi connectivity index (χ0) is 13.2. The van der Waals surface area contributed by atoms with Crippen molar-refractivity contribution in [1.29, 1.82) is 0 Å². The smallest absolute Gasteiger partial charge is 0.409 e. The van der Waals surface area contributed by atoms with Gasteiger partial charge in [-0.15, -0.1) is 0 Å². The van der Waals surface area contributed by atoms with E-state index in [1.165, 1.54) is 4.90 Å². The van der Waals surface area contributed by atoms with Gasteiger partial charge in [0, 0.05) is 13.1 Å². The maximum atomic E-state index is 11.6. The van der Waals surface area contributed by atoms with Gasteiger partial charge in [0.05, 0.1) is 6.61 Å². The lowest BCUT2D eigenvalue weighted by Crippen LogP contribution is -2.55. The minimum absolute atomic E-state index is 0.0440. The maximum absolute atomic E-state index is 11.6. The van der Waals surface area contributed by atoms with E-state index >= 15 is 0 Å². The summed E-state index contributed by atoms with van der Waals surface area (Å²) in [5.74, 6) is -0.337. The number of nitrogens with one attached hydrogen (secondary N) is 2. The number of urea groups is 1. The molecule has 2 fully saturated rings. The molecule has 0 aliphatic carbocycles. The summed E-state index contributed by atoms with van der Waals surface area (Å²) in [5.41, 5.74) is -0.884. The molecule has 3 N–H and O–H groups in total. The fourth-order valence-electron chi connectivity index (χ4n) is 2.18. The Balaban J connectivity index is 1.90. The van der Waals surface area contributed by atoms with Crippen molar-refractivity contribution in [2.45, 2.75) is 18.4 Å². The number of carbonyl (C=O) groups is 3. The Labute approximate surface area is 103 Å². The summed E-state index contributed by atoms with van der Waals surface area (Å²) in [4.78, 5) is 35.7. The van der Waals surface area contributed by atoms with E-state index in [1.54, 1.807) is 0 Å². The van der Waals surface area contributed by atoms with E-state index in [1.807, 2.05) is 0 Å². The van der Waals surface area contributed by atoms with E-state index in [0.29, 0.717) is 25.9 Å². The first-order chi connectivity index (χ1) is 8.57. The Bertz CT molecular complexity index is 376. The number of nitrogens with zero attached hydrogens (tertiary/aromatic N) is 1. The van der Waals surface area contributed by atoms with Gasteiger partial charge in [0.1, 0.15) is 12.1 Å². The zero-order valence-electron chi connectivity index (χ0n) is 9.77. The minimum Gasteiger partial charge on any atom is -0.447 e. The van der Waals surface area contributed by atoms with Gasteiger partial charge in [0.15, 0.2) is 0 Å². The molecule has 0 aromatic rings. The molecule has 0 radical (unpaired) electrons. The van der Waals surface area contributed by atoms with E-state index < -0.39 is 17.7 Å². The molecule has 8 nitrogen and oxygen atoms in total. The molecule has 100 valence electrons. The van der Waals surface area contributed by atoms with Crippen molar-refractivity contribution in [3.8, 4) is 0 Å². The van der Waals surface area contributed by atoms with Crippen LogP contribution in [-0.4, -0.2) is 59.9 Å². The van der Waals surface area contributed by atoms with Gasteiger partial charge < -0.3 is 20.1 Å². The molecule has 2 aliphatic rings. The third-order valence-electron chi connectivity index (χ3n) is 3.21. The highest BCUT2D eigenvalue weighted by molar-refractivity contribution is 6.07. The van der Waals surface area contributed by atoms with E-state index in [0.717, 1.165) is 0 Å². The fraction of sp³-hybridized carbons (Fsp3) is 0.700. The molecule has 0 saturated carbocycles. The highest BCUT2D eigenvalue weighted by Crippen LogP contribution is 2.25. The van der Waals surface area contributed by atoms with E-state index in [2.05, 4.69) is 10.6 Å². The van der Waals surface area contributed by atoms with Crippen molar-refractivity contribution in [3.63, 3.8) is 0 Å². The van der Waals surface area contributed by atoms with Crippen molar-refractivity contribution in [1.82, 2.24) is 15.5 Å². The number of hydrogen-bond acceptors (Lipinski definition) is 5. The highest BCUT2D eigenvalue weighted by Gasteiger charge is 2.48. The van der Waals surface area contributed by atoms with Gasteiger partial charge in [-0.2, -0.15) is 0 Å². The predicted molar refractivity (Wildman–Crippen MR) is 58.6 cm³/mol. The van der Waals surface area contributed by atoms with Crippen molar-refractivity contribution < 1.29 is 24.2 Å². The lowest BCUT2D eigenvalue weighted by Gasteiger charge is -2.36. The standard InChI is InChI=1S/C10H15N3O5/c14-5-6-18-9(17)13-3-1-10(2-4-13)7(15)11-8(16)12-10/h14H,1-6H2,(H2,11,12,15,16). The quantitative estimate of drug-likeness (QED) is 0.538. The van der Waals surface area contributed by atoms with Gasteiger partial charge in [-0.25, -0.2) is 9.59 Å². The van der Waals surface area contributed by atoms with Crippen LogP contribution < -0.4 is 10.6 Å².